The van der Waals surface area contributed by atoms with Gasteiger partial charge in [-0.3, -0.25) is 11.3 Å². The largest absolute Gasteiger partial charge is 0.496 e. The van der Waals surface area contributed by atoms with E-state index in [9.17, 15) is 4.39 Å². The average molecular weight is 329 g/mol. The van der Waals surface area contributed by atoms with Crippen LogP contribution in [0.4, 0.5) is 4.39 Å². The summed E-state index contributed by atoms with van der Waals surface area (Å²) in [5.41, 5.74) is 3.89. The van der Waals surface area contributed by atoms with Crippen LogP contribution in [0, 0.1) is 5.82 Å². The number of methoxy groups -OCH3 is 1. The van der Waals surface area contributed by atoms with Crippen LogP contribution in [0.15, 0.2) is 36.4 Å². The molecule has 0 heterocycles. The van der Waals surface area contributed by atoms with E-state index in [0.717, 1.165) is 5.56 Å². The fraction of sp³-hybridized carbons (Fsp3) is 0.200. The molecule has 0 amide bonds. The van der Waals surface area contributed by atoms with Crippen LogP contribution in [0.3, 0.4) is 0 Å². The second-order valence-electron chi connectivity index (χ2n) is 4.52. The number of hydrogen-bond acceptors (Lipinski definition) is 3. The second kappa shape index (κ2) is 7.09. The Bertz CT molecular complexity index is 637. The third-order valence-electron chi connectivity index (χ3n) is 3.22. The van der Waals surface area contributed by atoms with E-state index in [-0.39, 0.29) is 11.1 Å². The van der Waals surface area contributed by atoms with Crippen molar-refractivity contribution in [3.05, 3.63) is 63.4 Å². The predicted octanol–water partition coefficient (Wildman–Crippen LogP) is 3.89. The zero-order chi connectivity index (χ0) is 15.4. The molecule has 0 bridgehead atoms. The molecule has 1 atom stereocenters. The van der Waals surface area contributed by atoms with E-state index in [2.05, 4.69) is 5.43 Å². The van der Waals surface area contributed by atoms with Crippen LogP contribution in [0.5, 0.6) is 5.75 Å². The molecular formula is C15H15Cl2FN2O. The SMILES string of the molecule is COc1ccc(Cl)cc1C(Cc1cccc(Cl)c1F)NN. The van der Waals surface area contributed by atoms with Crippen molar-refractivity contribution >= 4 is 23.2 Å². The standard InChI is InChI=1S/C15H15Cl2FN2O/c1-21-14-6-5-10(16)8-11(14)13(20-19)7-9-3-2-4-12(17)15(9)18/h2-6,8,13,20H,7,19H2,1H3. The van der Waals surface area contributed by atoms with Crippen molar-refractivity contribution in [1.29, 1.82) is 0 Å². The molecule has 0 saturated heterocycles. The molecule has 0 aliphatic rings. The fourth-order valence-corrected chi connectivity index (χ4v) is 2.54. The van der Waals surface area contributed by atoms with E-state index in [1.807, 2.05) is 0 Å². The van der Waals surface area contributed by atoms with Gasteiger partial charge in [-0.05, 0) is 36.2 Å². The second-order valence-corrected chi connectivity index (χ2v) is 5.37. The summed E-state index contributed by atoms with van der Waals surface area (Å²) in [6.07, 6.45) is 0.319. The van der Waals surface area contributed by atoms with E-state index >= 15 is 0 Å². The highest BCUT2D eigenvalue weighted by atomic mass is 35.5. The van der Waals surface area contributed by atoms with Crippen LogP contribution in [0.25, 0.3) is 0 Å². The summed E-state index contributed by atoms with van der Waals surface area (Å²) >= 11 is 11.8. The van der Waals surface area contributed by atoms with Gasteiger partial charge in [-0.1, -0.05) is 35.3 Å². The molecule has 0 aliphatic carbocycles. The first kappa shape index (κ1) is 16.0. The average Bonchev–Trinajstić information content (AvgIpc) is 2.49. The topological polar surface area (TPSA) is 47.3 Å². The minimum Gasteiger partial charge on any atom is -0.496 e. The molecule has 1 unspecified atom stereocenters. The Morgan fingerprint density at radius 1 is 1.29 bits per heavy atom. The first-order valence-electron chi connectivity index (χ1n) is 6.29. The van der Waals surface area contributed by atoms with Gasteiger partial charge in [-0.25, -0.2) is 4.39 Å². The van der Waals surface area contributed by atoms with Gasteiger partial charge in [0.1, 0.15) is 11.6 Å². The van der Waals surface area contributed by atoms with Crippen molar-refractivity contribution in [2.45, 2.75) is 12.5 Å². The molecule has 21 heavy (non-hydrogen) atoms. The lowest BCUT2D eigenvalue weighted by Crippen LogP contribution is -2.30. The monoisotopic (exact) mass is 328 g/mol. The molecule has 0 fully saturated rings. The summed E-state index contributed by atoms with van der Waals surface area (Å²) in [7, 11) is 1.56. The van der Waals surface area contributed by atoms with Crippen molar-refractivity contribution in [3.8, 4) is 5.75 Å². The molecule has 6 heteroatoms. The maximum Gasteiger partial charge on any atom is 0.145 e. The Labute approximate surface area is 132 Å². The summed E-state index contributed by atoms with van der Waals surface area (Å²) in [5, 5.41) is 0.638. The number of rotatable bonds is 5. The van der Waals surface area contributed by atoms with Crippen LogP contribution in [0.1, 0.15) is 17.2 Å². The zero-order valence-corrected chi connectivity index (χ0v) is 12.9. The normalized spacial score (nSPS) is 12.2. The molecule has 0 saturated carbocycles. The maximum atomic E-state index is 14.0. The van der Waals surface area contributed by atoms with Gasteiger partial charge in [-0.15, -0.1) is 0 Å². The molecule has 112 valence electrons. The van der Waals surface area contributed by atoms with Gasteiger partial charge in [0.25, 0.3) is 0 Å². The molecule has 0 radical (unpaired) electrons. The smallest absolute Gasteiger partial charge is 0.145 e. The summed E-state index contributed by atoms with van der Waals surface area (Å²) < 4.78 is 19.3. The molecule has 2 aromatic rings. The lowest BCUT2D eigenvalue weighted by Gasteiger charge is -2.20. The van der Waals surface area contributed by atoms with Crippen LogP contribution in [-0.2, 0) is 6.42 Å². The Morgan fingerprint density at radius 3 is 2.71 bits per heavy atom. The quantitative estimate of drug-likeness (QED) is 0.646. The number of nitrogens with two attached hydrogens (primary N) is 1. The maximum absolute atomic E-state index is 14.0. The number of halogens is 3. The van der Waals surface area contributed by atoms with E-state index in [4.69, 9.17) is 33.8 Å². The van der Waals surface area contributed by atoms with Gasteiger partial charge in [0.15, 0.2) is 0 Å². The Morgan fingerprint density at radius 2 is 2.05 bits per heavy atom. The third-order valence-corrected chi connectivity index (χ3v) is 3.75. The Balaban J connectivity index is 2.36. The molecule has 3 N–H and O–H groups in total. The molecular weight excluding hydrogens is 314 g/mol. The summed E-state index contributed by atoms with van der Waals surface area (Å²) in [6, 6.07) is 9.73. The van der Waals surface area contributed by atoms with Gasteiger partial charge in [0, 0.05) is 10.6 Å². The first-order valence-corrected chi connectivity index (χ1v) is 7.05. The Kier molecular flexibility index (Phi) is 5.42. The summed E-state index contributed by atoms with van der Waals surface area (Å²) in [5.74, 6) is 5.80. The van der Waals surface area contributed by atoms with Crippen LogP contribution < -0.4 is 16.0 Å². The van der Waals surface area contributed by atoms with Crippen LogP contribution >= 0.6 is 23.2 Å². The van der Waals surface area contributed by atoms with Crippen molar-refractivity contribution in [2.24, 2.45) is 5.84 Å². The van der Waals surface area contributed by atoms with Crippen molar-refractivity contribution < 1.29 is 9.13 Å². The van der Waals surface area contributed by atoms with Gasteiger partial charge in [0.2, 0.25) is 0 Å². The van der Waals surface area contributed by atoms with Crippen molar-refractivity contribution in [3.63, 3.8) is 0 Å². The predicted molar refractivity (Wildman–Crippen MR) is 83.2 cm³/mol. The minimum atomic E-state index is -0.444. The first-order chi connectivity index (χ1) is 10.1. The third kappa shape index (κ3) is 3.66. The summed E-state index contributed by atoms with van der Waals surface area (Å²) in [4.78, 5) is 0. The number of hydrazine groups is 1. The fourth-order valence-electron chi connectivity index (χ4n) is 2.16. The minimum absolute atomic E-state index is 0.0846. The van der Waals surface area contributed by atoms with Crippen LogP contribution in [0.2, 0.25) is 10.0 Å². The lowest BCUT2D eigenvalue weighted by atomic mass is 9.98. The van der Waals surface area contributed by atoms with Gasteiger partial charge >= 0.3 is 0 Å². The number of nitrogens with one attached hydrogen (secondary N) is 1. The number of benzene rings is 2. The van der Waals surface area contributed by atoms with E-state index < -0.39 is 5.82 Å². The summed E-state index contributed by atoms with van der Waals surface area (Å²) in [6.45, 7) is 0. The highest BCUT2D eigenvalue weighted by molar-refractivity contribution is 6.31. The highest BCUT2D eigenvalue weighted by Gasteiger charge is 2.18. The van der Waals surface area contributed by atoms with Crippen LogP contribution in [-0.4, -0.2) is 7.11 Å². The number of hydrogen-bond donors (Lipinski definition) is 2. The molecule has 0 aliphatic heterocycles. The molecule has 0 spiro atoms. The van der Waals surface area contributed by atoms with E-state index in [1.54, 1.807) is 37.4 Å². The number of ether oxygens (including phenoxy) is 1. The molecule has 2 rings (SSSR count). The Hall–Kier alpha value is -1.33. The molecule has 3 nitrogen and oxygen atoms in total. The van der Waals surface area contributed by atoms with E-state index in [1.165, 1.54) is 6.07 Å². The van der Waals surface area contributed by atoms with Crippen molar-refractivity contribution in [2.75, 3.05) is 7.11 Å². The highest BCUT2D eigenvalue weighted by Crippen LogP contribution is 2.31. The van der Waals surface area contributed by atoms with Crippen molar-refractivity contribution in [1.82, 2.24) is 5.43 Å². The van der Waals surface area contributed by atoms with E-state index in [0.29, 0.717) is 22.8 Å². The lowest BCUT2D eigenvalue weighted by molar-refractivity contribution is 0.398. The zero-order valence-electron chi connectivity index (χ0n) is 11.4. The van der Waals surface area contributed by atoms with Gasteiger partial charge in [0.05, 0.1) is 18.2 Å². The van der Waals surface area contributed by atoms with Gasteiger partial charge < -0.3 is 4.74 Å². The van der Waals surface area contributed by atoms with Gasteiger partial charge in [-0.2, -0.15) is 0 Å². The molecule has 0 aromatic heterocycles. The molecule has 2 aromatic carbocycles.